The first-order valence-electron chi connectivity index (χ1n) is 8.42. The van der Waals surface area contributed by atoms with Crippen LogP contribution < -0.4 is 24.3 Å². The molecule has 0 aliphatic carbocycles. The smallest absolute Gasteiger partial charge is 0.231 e. The number of benzene rings is 2. The number of hydrogen-bond donors (Lipinski definition) is 1. The van der Waals surface area contributed by atoms with E-state index in [1.165, 1.54) is 0 Å². The second-order valence-corrected chi connectivity index (χ2v) is 6.46. The lowest BCUT2D eigenvalue weighted by Gasteiger charge is -2.16. The van der Waals surface area contributed by atoms with Crippen LogP contribution in [-0.2, 0) is 6.54 Å². The zero-order valence-corrected chi connectivity index (χ0v) is 16.0. The van der Waals surface area contributed by atoms with Crippen molar-refractivity contribution in [1.82, 2.24) is 0 Å². The Morgan fingerprint density at radius 1 is 1.08 bits per heavy atom. The standard InChI is InChI=1S/C19H22BrNO4/c1-3-7-23-19-15(20)8-13(9-18(19)22-4-2)11-21-14-5-6-16-17(10-14)25-12-24-16/h5-6,8-10,21H,3-4,7,11-12H2,1-2H3. The van der Waals surface area contributed by atoms with Gasteiger partial charge in [0.1, 0.15) is 0 Å². The molecule has 5 nitrogen and oxygen atoms in total. The summed E-state index contributed by atoms with van der Waals surface area (Å²) in [4.78, 5) is 0. The molecular formula is C19H22BrNO4. The summed E-state index contributed by atoms with van der Waals surface area (Å²) < 4.78 is 23.2. The fraction of sp³-hybridized carbons (Fsp3) is 0.368. The summed E-state index contributed by atoms with van der Waals surface area (Å²) >= 11 is 3.60. The van der Waals surface area contributed by atoms with Crippen LogP contribution in [0.2, 0.25) is 0 Å². The van der Waals surface area contributed by atoms with E-state index in [-0.39, 0.29) is 6.79 Å². The molecule has 1 N–H and O–H groups in total. The molecule has 25 heavy (non-hydrogen) atoms. The first-order chi connectivity index (χ1) is 12.2. The molecule has 6 heteroatoms. The zero-order valence-electron chi connectivity index (χ0n) is 14.4. The molecule has 0 amide bonds. The van der Waals surface area contributed by atoms with Crippen LogP contribution in [0.1, 0.15) is 25.8 Å². The van der Waals surface area contributed by atoms with Gasteiger partial charge in [-0.2, -0.15) is 0 Å². The minimum atomic E-state index is 0.280. The lowest BCUT2D eigenvalue weighted by molar-refractivity contribution is 0.174. The number of rotatable bonds is 8. The third kappa shape index (κ3) is 4.31. The van der Waals surface area contributed by atoms with E-state index in [4.69, 9.17) is 18.9 Å². The fourth-order valence-corrected chi connectivity index (χ4v) is 3.15. The zero-order chi connectivity index (χ0) is 17.6. The molecule has 3 rings (SSSR count). The average Bonchev–Trinajstić information content (AvgIpc) is 3.07. The van der Waals surface area contributed by atoms with Gasteiger partial charge in [0.25, 0.3) is 0 Å². The molecule has 2 aromatic carbocycles. The number of anilines is 1. The molecule has 0 saturated carbocycles. The Hall–Kier alpha value is -2.08. The molecule has 2 aromatic rings. The van der Waals surface area contributed by atoms with Crippen LogP contribution in [0.3, 0.4) is 0 Å². The summed E-state index contributed by atoms with van der Waals surface area (Å²) in [5, 5.41) is 3.40. The quantitative estimate of drug-likeness (QED) is 0.668. The van der Waals surface area contributed by atoms with Crippen molar-refractivity contribution in [2.75, 3.05) is 25.3 Å². The van der Waals surface area contributed by atoms with Gasteiger partial charge in [-0.25, -0.2) is 0 Å². The van der Waals surface area contributed by atoms with Gasteiger partial charge in [0, 0.05) is 18.3 Å². The van der Waals surface area contributed by atoms with E-state index in [0.717, 1.165) is 45.1 Å². The topological polar surface area (TPSA) is 49.0 Å². The Labute approximate surface area is 156 Å². The highest BCUT2D eigenvalue weighted by Gasteiger charge is 2.14. The predicted octanol–water partition coefficient (Wildman–Crippen LogP) is 4.98. The van der Waals surface area contributed by atoms with Gasteiger partial charge in [-0.05, 0) is 59.1 Å². The first-order valence-corrected chi connectivity index (χ1v) is 9.22. The Bertz CT molecular complexity index is 736. The molecular weight excluding hydrogens is 386 g/mol. The second-order valence-electron chi connectivity index (χ2n) is 5.61. The highest BCUT2D eigenvalue weighted by atomic mass is 79.9. The van der Waals surface area contributed by atoms with Gasteiger partial charge >= 0.3 is 0 Å². The maximum absolute atomic E-state index is 5.82. The van der Waals surface area contributed by atoms with Crippen molar-refractivity contribution in [3.8, 4) is 23.0 Å². The lowest BCUT2D eigenvalue weighted by Crippen LogP contribution is -2.04. The van der Waals surface area contributed by atoms with E-state index in [0.29, 0.717) is 19.8 Å². The molecule has 0 aromatic heterocycles. The van der Waals surface area contributed by atoms with E-state index < -0.39 is 0 Å². The van der Waals surface area contributed by atoms with Crippen LogP contribution in [-0.4, -0.2) is 20.0 Å². The Kier molecular flexibility index (Phi) is 5.91. The average molecular weight is 408 g/mol. The summed E-state index contributed by atoms with van der Waals surface area (Å²) in [6, 6.07) is 9.89. The molecule has 1 heterocycles. The van der Waals surface area contributed by atoms with Crippen LogP contribution in [0.5, 0.6) is 23.0 Å². The van der Waals surface area contributed by atoms with Gasteiger partial charge in [0.05, 0.1) is 17.7 Å². The highest BCUT2D eigenvalue weighted by molar-refractivity contribution is 9.10. The molecule has 0 fully saturated rings. The maximum Gasteiger partial charge on any atom is 0.231 e. The molecule has 0 radical (unpaired) electrons. The predicted molar refractivity (Wildman–Crippen MR) is 101 cm³/mol. The van der Waals surface area contributed by atoms with E-state index in [1.54, 1.807) is 0 Å². The van der Waals surface area contributed by atoms with Gasteiger partial charge in [-0.15, -0.1) is 0 Å². The van der Waals surface area contributed by atoms with Crippen LogP contribution in [0.15, 0.2) is 34.8 Å². The van der Waals surface area contributed by atoms with E-state index in [2.05, 4.69) is 28.2 Å². The summed E-state index contributed by atoms with van der Waals surface area (Å²) in [5.74, 6) is 3.07. The van der Waals surface area contributed by atoms with Crippen molar-refractivity contribution < 1.29 is 18.9 Å². The SMILES string of the molecule is CCCOc1c(Br)cc(CNc2ccc3c(c2)OCO3)cc1OCC. The third-order valence-electron chi connectivity index (χ3n) is 3.69. The van der Waals surface area contributed by atoms with Crippen LogP contribution in [0.25, 0.3) is 0 Å². The molecule has 1 aliphatic rings. The van der Waals surface area contributed by atoms with E-state index in [1.807, 2.05) is 37.3 Å². The fourth-order valence-electron chi connectivity index (χ4n) is 2.54. The van der Waals surface area contributed by atoms with Crippen LogP contribution >= 0.6 is 15.9 Å². The van der Waals surface area contributed by atoms with Gasteiger partial charge in [0.15, 0.2) is 23.0 Å². The van der Waals surface area contributed by atoms with Crippen molar-refractivity contribution in [2.45, 2.75) is 26.8 Å². The van der Waals surface area contributed by atoms with Crippen molar-refractivity contribution in [3.05, 3.63) is 40.4 Å². The molecule has 134 valence electrons. The monoisotopic (exact) mass is 407 g/mol. The number of hydrogen-bond acceptors (Lipinski definition) is 5. The Balaban J connectivity index is 1.73. The minimum absolute atomic E-state index is 0.280. The maximum atomic E-state index is 5.82. The molecule has 0 bridgehead atoms. The number of ether oxygens (including phenoxy) is 4. The van der Waals surface area contributed by atoms with Crippen molar-refractivity contribution in [1.29, 1.82) is 0 Å². The molecule has 0 spiro atoms. The molecule has 0 unspecified atom stereocenters. The number of nitrogens with one attached hydrogen (secondary N) is 1. The van der Waals surface area contributed by atoms with E-state index >= 15 is 0 Å². The van der Waals surface area contributed by atoms with E-state index in [9.17, 15) is 0 Å². The summed E-state index contributed by atoms with van der Waals surface area (Å²) in [6.07, 6.45) is 0.950. The second kappa shape index (κ2) is 8.34. The van der Waals surface area contributed by atoms with Crippen molar-refractivity contribution in [2.24, 2.45) is 0 Å². The van der Waals surface area contributed by atoms with Gasteiger partial charge in [-0.1, -0.05) is 6.92 Å². The first kappa shape index (κ1) is 17.7. The third-order valence-corrected chi connectivity index (χ3v) is 4.28. The summed E-state index contributed by atoms with van der Waals surface area (Å²) in [5.41, 5.74) is 2.07. The van der Waals surface area contributed by atoms with Crippen molar-refractivity contribution in [3.63, 3.8) is 0 Å². The highest BCUT2D eigenvalue weighted by Crippen LogP contribution is 2.38. The van der Waals surface area contributed by atoms with Gasteiger partial charge in [0.2, 0.25) is 6.79 Å². The van der Waals surface area contributed by atoms with Crippen LogP contribution in [0.4, 0.5) is 5.69 Å². The normalized spacial score (nSPS) is 12.1. The molecule has 1 aliphatic heterocycles. The number of halogens is 1. The minimum Gasteiger partial charge on any atom is -0.490 e. The lowest BCUT2D eigenvalue weighted by atomic mass is 10.2. The number of fused-ring (bicyclic) bond motifs is 1. The largest absolute Gasteiger partial charge is 0.490 e. The van der Waals surface area contributed by atoms with Crippen molar-refractivity contribution >= 4 is 21.6 Å². The summed E-state index contributed by atoms with van der Waals surface area (Å²) in [6.45, 7) is 6.24. The van der Waals surface area contributed by atoms with Crippen LogP contribution in [0, 0.1) is 0 Å². The van der Waals surface area contributed by atoms with Gasteiger partial charge < -0.3 is 24.3 Å². The molecule has 0 saturated heterocycles. The Morgan fingerprint density at radius 3 is 2.72 bits per heavy atom. The van der Waals surface area contributed by atoms with Gasteiger partial charge in [-0.3, -0.25) is 0 Å². The Morgan fingerprint density at radius 2 is 1.92 bits per heavy atom. The summed E-state index contributed by atoms with van der Waals surface area (Å²) in [7, 11) is 0. The molecule has 0 atom stereocenters.